The number of carbonyl (C=O) groups excluding carboxylic acids is 1. The summed E-state index contributed by atoms with van der Waals surface area (Å²) in [7, 11) is 0. The molecule has 2 N–H and O–H groups in total. The van der Waals surface area contributed by atoms with E-state index in [4.69, 9.17) is 11.6 Å². The summed E-state index contributed by atoms with van der Waals surface area (Å²) in [6.07, 6.45) is 0. The number of nitrogens with one attached hydrogen (secondary N) is 2. The fraction of sp³-hybridized carbons (Fsp3) is 0.412. The second kappa shape index (κ2) is 7.15. The maximum Gasteiger partial charge on any atom is 0.239 e. The molecule has 0 unspecified atom stereocenters. The second-order valence-electron chi connectivity index (χ2n) is 6.38. The molecule has 1 aromatic heterocycles. The van der Waals surface area contributed by atoms with Gasteiger partial charge in [0.05, 0.1) is 17.9 Å². The molecule has 124 valence electrons. The summed E-state index contributed by atoms with van der Waals surface area (Å²) < 4.78 is 1.74. The zero-order chi connectivity index (χ0) is 17.0. The van der Waals surface area contributed by atoms with Gasteiger partial charge < -0.3 is 10.6 Å². The lowest BCUT2D eigenvalue weighted by Gasteiger charge is -2.14. The molecule has 2 aromatic rings. The molecule has 0 aliphatic rings. The van der Waals surface area contributed by atoms with Gasteiger partial charge in [-0.05, 0) is 30.8 Å². The molecule has 0 spiro atoms. The van der Waals surface area contributed by atoms with Crippen LogP contribution in [0.15, 0.2) is 30.3 Å². The lowest BCUT2D eigenvalue weighted by atomic mass is 9.92. The van der Waals surface area contributed by atoms with Gasteiger partial charge in [-0.15, -0.1) is 0 Å². The Morgan fingerprint density at radius 2 is 1.91 bits per heavy atom. The van der Waals surface area contributed by atoms with Crippen molar-refractivity contribution in [2.45, 2.75) is 33.1 Å². The Morgan fingerprint density at radius 3 is 2.48 bits per heavy atom. The standard InChI is InChI=1S/C17H23ClN4O/c1-5-19-11-16(23)20-15-10-14(17(2,3)4)21-22(15)13-8-6-12(18)7-9-13/h6-10,19H,5,11H2,1-4H3,(H,20,23). The van der Waals surface area contributed by atoms with Gasteiger partial charge in [0.25, 0.3) is 0 Å². The van der Waals surface area contributed by atoms with Crippen molar-refractivity contribution in [1.29, 1.82) is 0 Å². The molecule has 0 saturated carbocycles. The molecule has 0 aliphatic carbocycles. The van der Waals surface area contributed by atoms with Crippen molar-refractivity contribution in [3.8, 4) is 5.69 Å². The van der Waals surface area contributed by atoms with Gasteiger partial charge in [0.15, 0.2) is 0 Å². The highest BCUT2D eigenvalue weighted by molar-refractivity contribution is 6.30. The summed E-state index contributed by atoms with van der Waals surface area (Å²) in [5, 5.41) is 11.2. The van der Waals surface area contributed by atoms with Gasteiger partial charge in [-0.1, -0.05) is 39.3 Å². The second-order valence-corrected chi connectivity index (χ2v) is 6.82. The fourth-order valence-electron chi connectivity index (χ4n) is 2.04. The van der Waals surface area contributed by atoms with Crippen LogP contribution in [-0.4, -0.2) is 28.8 Å². The van der Waals surface area contributed by atoms with Crippen molar-refractivity contribution < 1.29 is 4.79 Å². The first-order valence-electron chi connectivity index (χ1n) is 7.68. The van der Waals surface area contributed by atoms with Gasteiger partial charge >= 0.3 is 0 Å². The van der Waals surface area contributed by atoms with Gasteiger partial charge in [0.1, 0.15) is 5.82 Å². The molecule has 0 aliphatic heterocycles. The van der Waals surface area contributed by atoms with Gasteiger partial charge in [-0.3, -0.25) is 4.79 Å². The van der Waals surface area contributed by atoms with Crippen molar-refractivity contribution in [2.75, 3.05) is 18.4 Å². The third kappa shape index (κ3) is 4.56. The van der Waals surface area contributed by atoms with E-state index in [2.05, 4.69) is 36.5 Å². The number of carbonyl (C=O) groups is 1. The molecule has 0 fully saturated rings. The van der Waals surface area contributed by atoms with E-state index in [9.17, 15) is 4.79 Å². The predicted octanol–water partition coefficient (Wildman–Crippen LogP) is 3.37. The topological polar surface area (TPSA) is 59.0 Å². The summed E-state index contributed by atoms with van der Waals surface area (Å²) in [4.78, 5) is 12.0. The Kier molecular flexibility index (Phi) is 5.44. The molecule has 23 heavy (non-hydrogen) atoms. The number of hydrogen-bond acceptors (Lipinski definition) is 3. The van der Waals surface area contributed by atoms with Crippen LogP contribution in [0.3, 0.4) is 0 Å². The molecular weight excluding hydrogens is 312 g/mol. The molecule has 6 heteroatoms. The van der Waals surface area contributed by atoms with Crippen molar-refractivity contribution in [1.82, 2.24) is 15.1 Å². The Bertz CT molecular complexity index is 671. The van der Waals surface area contributed by atoms with Gasteiger partial charge in [-0.25, -0.2) is 4.68 Å². The number of halogens is 1. The third-order valence-corrected chi connectivity index (χ3v) is 3.60. The van der Waals surface area contributed by atoms with Crippen LogP contribution in [0.1, 0.15) is 33.4 Å². The number of benzene rings is 1. The first-order chi connectivity index (χ1) is 10.8. The first kappa shape index (κ1) is 17.5. The number of rotatable bonds is 5. The third-order valence-electron chi connectivity index (χ3n) is 3.35. The largest absolute Gasteiger partial charge is 0.309 e. The minimum atomic E-state index is -0.112. The summed E-state index contributed by atoms with van der Waals surface area (Å²) in [5.74, 6) is 0.558. The quantitative estimate of drug-likeness (QED) is 0.881. The number of hydrogen-bond donors (Lipinski definition) is 2. The molecule has 0 saturated heterocycles. The molecule has 1 heterocycles. The molecule has 0 atom stereocenters. The van der Waals surface area contributed by atoms with E-state index < -0.39 is 0 Å². The van der Waals surface area contributed by atoms with Crippen molar-refractivity contribution in [2.24, 2.45) is 0 Å². The molecule has 5 nitrogen and oxygen atoms in total. The van der Waals surface area contributed by atoms with Crippen LogP contribution in [0, 0.1) is 0 Å². The maximum absolute atomic E-state index is 12.0. The average molecular weight is 335 g/mol. The highest BCUT2D eigenvalue weighted by atomic mass is 35.5. The first-order valence-corrected chi connectivity index (χ1v) is 8.06. The average Bonchev–Trinajstić information content (AvgIpc) is 2.90. The monoisotopic (exact) mass is 334 g/mol. The smallest absolute Gasteiger partial charge is 0.239 e. The maximum atomic E-state index is 12.0. The summed E-state index contributed by atoms with van der Waals surface area (Å²) >= 11 is 5.95. The van der Waals surface area contributed by atoms with E-state index >= 15 is 0 Å². The van der Waals surface area contributed by atoms with E-state index in [1.54, 1.807) is 16.8 Å². The fourth-order valence-corrected chi connectivity index (χ4v) is 2.17. The molecule has 0 radical (unpaired) electrons. The molecule has 0 bridgehead atoms. The highest BCUT2D eigenvalue weighted by Gasteiger charge is 2.21. The van der Waals surface area contributed by atoms with E-state index in [1.165, 1.54) is 0 Å². The minimum Gasteiger partial charge on any atom is -0.309 e. The Hall–Kier alpha value is -1.85. The van der Waals surface area contributed by atoms with Crippen molar-refractivity contribution in [3.63, 3.8) is 0 Å². The SMILES string of the molecule is CCNCC(=O)Nc1cc(C(C)(C)C)nn1-c1ccc(Cl)cc1. The minimum absolute atomic E-state index is 0.0950. The number of nitrogens with zero attached hydrogens (tertiary/aromatic N) is 2. The number of amides is 1. The van der Waals surface area contributed by atoms with Crippen LogP contribution in [0.25, 0.3) is 5.69 Å². The van der Waals surface area contributed by atoms with Crippen LogP contribution in [0.4, 0.5) is 5.82 Å². The number of aromatic nitrogens is 2. The molecule has 2 rings (SSSR count). The van der Waals surface area contributed by atoms with Gasteiger partial charge in [-0.2, -0.15) is 5.10 Å². The van der Waals surface area contributed by atoms with Gasteiger partial charge in [0, 0.05) is 16.5 Å². The van der Waals surface area contributed by atoms with E-state index in [0.29, 0.717) is 10.8 Å². The zero-order valence-corrected chi connectivity index (χ0v) is 14.7. The summed E-state index contributed by atoms with van der Waals surface area (Å²) in [6, 6.07) is 9.28. The van der Waals surface area contributed by atoms with E-state index in [1.807, 2.05) is 25.1 Å². The predicted molar refractivity (Wildman–Crippen MR) is 94.4 cm³/mol. The van der Waals surface area contributed by atoms with Crippen LogP contribution < -0.4 is 10.6 Å². The summed E-state index contributed by atoms with van der Waals surface area (Å²) in [5.41, 5.74) is 1.65. The lowest BCUT2D eigenvalue weighted by Crippen LogP contribution is -2.28. The normalized spacial score (nSPS) is 11.5. The molecular formula is C17H23ClN4O. The van der Waals surface area contributed by atoms with Crippen molar-refractivity contribution in [3.05, 3.63) is 41.0 Å². The molecule has 1 amide bonds. The number of likely N-dealkylation sites (N-methyl/N-ethyl adjacent to an activating group) is 1. The van der Waals surface area contributed by atoms with Crippen LogP contribution in [0.5, 0.6) is 0 Å². The Balaban J connectivity index is 2.36. The van der Waals surface area contributed by atoms with Crippen molar-refractivity contribution >= 4 is 23.3 Å². The Morgan fingerprint density at radius 1 is 1.26 bits per heavy atom. The van der Waals surface area contributed by atoms with Crippen LogP contribution in [-0.2, 0) is 10.2 Å². The zero-order valence-electron chi connectivity index (χ0n) is 14.0. The van der Waals surface area contributed by atoms with Gasteiger partial charge in [0.2, 0.25) is 5.91 Å². The summed E-state index contributed by atoms with van der Waals surface area (Å²) in [6.45, 7) is 9.25. The van der Waals surface area contributed by atoms with Crippen LogP contribution in [0.2, 0.25) is 5.02 Å². The van der Waals surface area contributed by atoms with E-state index in [-0.39, 0.29) is 17.9 Å². The number of anilines is 1. The Labute approximate surface area is 142 Å². The molecule has 1 aromatic carbocycles. The highest BCUT2D eigenvalue weighted by Crippen LogP contribution is 2.26. The lowest BCUT2D eigenvalue weighted by molar-refractivity contribution is -0.115. The van der Waals surface area contributed by atoms with Crippen LogP contribution >= 0.6 is 11.6 Å². The van der Waals surface area contributed by atoms with E-state index in [0.717, 1.165) is 17.9 Å².